The van der Waals surface area contributed by atoms with Crippen molar-refractivity contribution in [3.63, 3.8) is 0 Å². The molecule has 2 heterocycles. The number of non-ortho nitro benzene ring substituents is 1. The fourth-order valence-electron chi connectivity index (χ4n) is 3.11. The Hall–Kier alpha value is -1.97. The Morgan fingerprint density at radius 2 is 2.00 bits per heavy atom. The molecule has 1 saturated heterocycles. The number of hydrogen-bond donors (Lipinski definition) is 0. The second-order valence-electron chi connectivity index (χ2n) is 6.11. The Morgan fingerprint density at radius 3 is 2.58 bits per heavy atom. The van der Waals surface area contributed by atoms with Gasteiger partial charge in [-0.25, -0.2) is 8.42 Å². The molecule has 1 aliphatic heterocycles. The summed E-state index contributed by atoms with van der Waals surface area (Å²) in [5.74, 6) is 0. The summed E-state index contributed by atoms with van der Waals surface area (Å²) < 4.78 is 27.7. The van der Waals surface area contributed by atoms with Gasteiger partial charge in [0.25, 0.3) is 5.69 Å². The highest BCUT2D eigenvalue weighted by Gasteiger charge is 2.32. The molecule has 26 heavy (non-hydrogen) atoms. The number of rotatable bonds is 7. The highest BCUT2D eigenvalue weighted by atomic mass is 32.2. The Morgan fingerprint density at radius 1 is 1.27 bits per heavy atom. The average Bonchev–Trinajstić information content (AvgIpc) is 3.33. The molecule has 1 fully saturated rings. The molecule has 0 aliphatic carbocycles. The normalized spacial score (nSPS) is 15.3. The summed E-state index contributed by atoms with van der Waals surface area (Å²) in [4.78, 5) is 13.7. The van der Waals surface area contributed by atoms with E-state index in [-0.39, 0.29) is 10.6 Å². The molecule has 1 aromatic carbocycles. The molecule has 0 amide bonds. The molecule has 7 nitrogen and oxygen atoms in total. The zero-order valence-corrected chi connectivity index (χ0v) is 16.1. The van der Waals surface area contributed by atoms with E-state index in [0.717, 1.165) is 17.7 Å². The number of thiophene rings is 1. The van der Waals surface area contributed by atoms with Gasteiger partial charge >= 0.3 is 0 Å². The van der Waals surface area contributed by atoms with E-state index >= 15 is 0 Å². The highest BCUT2D eigenvalue weighted by molar-refractivity contribution is 7.89. The van der Waals surface area contributed by atoms with Crippen LogP contribution in [0.2, 0.25) is 0 Å². The van der Waals surface area contributed by atoms with Gasteiger partial charge in [-0.15, -0.1) is 11.3 Å². The van der Waals surface area contributed by atoms with Gasteiger partial charge in [0.2, 0.25) is 10.0 Å². The minimum absolute atomic E-state index is 0.0204. The SMILES string of the molecule is CCN(Cc1cccs1)c1ccc([N+](=O)[O-])cc1S(=O)(=O)N1CCCC1. The third kappa shape index (κ3) is 3.74. The number of anilines is 1. The molecule has 0 N–H and O–H groups in total. The maximum atomic E-state index is 13.1. The zero-order chi connectivity index (χ0) is 18.7. The summed E-state index contributed by atoms with van der Waals surface area (Å²) in [6.45, 7) is 4.02. The Labute approximate surface area is 157 Å². The lowest BCUT2D eigenvalue weighted by Gasteiger charge is -2.26. The summed E-state index contributed by atoms with van der Waals surface area (Å²) >= 11 is 1.60. The molecule has 3 rings (SSSR count). The summed E-state index contributed by atoms with van der Waals surface area (Å²) in [6.07, 6.45) is 1.63. The third-order valence-electron chi connectivity index (χ3n) is 4.49. The van der Waals surface area contributed by atoms with Gasteiger partial charge < -0.3 is 4.90 Å². The molecule has 2 aromatic rings. The molecular weight excluding hydrogens is 374 g/mol. The molecule has 0 bridgehead atoms. The number of benzene rings is 1. The van der Waals surface area contributed by atoms with Crippen LogP contribution in [0.3, 0.4) is 0 Å². The fraction of sp³-hybridized carbons (Fsp3) is 0.412. The predicted molar refractivity (Wildman–Crippen MR) is 102 cm³/mol. The van der Waals surface area contributed by atoms with Crippen molar-refractivity contribution in [2.24, 2.45) is 0 Å². The van der Waals surface area contributed by atoms with Gasteiger partial charge in [0.15, 0.2) is 0 Å². The number of hydrogen-bond acceptors (Lipinski definition) is 6. The Bertz CT molecular complexity index is 875. The van der Waals surface area contributed by atoms with Gasteiger partial charge in [0.1, 0.15) is 4.90 Å². The average molecular weight is 396 g/mol. The minimum Gasteiger partial charge on any atom is -0.366 e. The van der Waals surface area contributed by atoms with E-state index in [4.69, 9.17) is 0 Å². The van der Waals surface area contributed by atoms with Crippen molar-refractivity contribution in [2.75, 3.05) is 24.5 Å². The van der Waals surface area contributed by atoms with Crippen molar-refractivity contribution >= 4 is 32.7 Å². The van der Waals surface area contributed by atoms with Crippen molar-refractivity contribution in [3.05, 3.63) is 50.7 Å². The molecular formula is C17H21N3O4S2. The maximum absolute atomic E-state index is 13.1. The van der Waals surface area contributed by atoms with E-state index in [1.807, 2.05) is 29.3 Å². The van der Waals surface area contributed by atoms with Crippen LogP contribution in [0.5, 0.6) is 0 Å². The first-order valence-corrected chi connectivity index (χ1v) is 10.8. The van der Waals surface area contributed by atoms with Crippen molar-refractivity contribution in [1.82, 2.24) is 4.31 Å². The van der Waals surface area contributed by atoms with Gasteiger partial charge in [0.05, 0.1) is 17.2 Å². The highest BCUT2D eigenvalue weighted by Crippen LogP contribution is 2.34. The summed E-state index contributed by atoms with van der Waals surface area (Å²) in [5, 5.41) is 13.2. The molecule has 0 radical (unpaired) electrons. The van der Waals surface area contributed by atoms with Crippen molar-refractivity contribution in [1.29, 1.82) is 0 Å². The van der Waals surface area contributed by atoms with E-state index in [1.54, 1.807) is 17.4 Å². The van der Waals surface area contributed by atoms with E-state index in [9.17, 15) is 18.5 Å². The molecule has 0 unspecified atom stereocenters. The number of nitro groups is 1. The molecule has 1 aliphatic rings. The van der Waals surface area contributed by atoms with Gasteiger partial charge in [0, 0.05) is 36.6 Å². The summed E-state index contributed by atoms with van der Waals surface area (Å²) in [7, 11) is -3.77. The van der Waals surface area contributed by atoms with Crippen molar-refractivity contribution in [2.45, 2.75) is 31.2 Å². The largest absolute Gasteiger partial charge is 0.366 e. The van der Waals surface area contributed by atoms with Gasteiger partial charge in [-0.05, 0) is 37.3 Å². The Balaban J connectivity index is 2.07. The van der Waals surface area contributed by atoms with E-state index in [1.165, 1.54) is 16.4 Å². The van der Waals surface area contributed by atoms with Gasteiger partial charge in [-0.2, -0.15) is 4.31 Å². The summed E-state index contributed by atoms with van der Waals surface area (Å²) in [5.41, 5.74) is 0.303. The summed E-state index contributed by atoms with van der Waals surface area (Å²) in [6, 6.07) is 8.06. The quantitative estimate of drug-likeness (QED) is 0.529. The fourth-order valence-corrected chi connectivity index (χ4v) is 5.58. The molecule has 140 valence electrons. The van der Waals surface area contributed by atoms with E-state index in [2.05, 4.69) is 0 Å². The first-order valence-electron chi connectivity index (χ1n) is 8.49. The first-order chi connectivity index (χ1) is 12.4. The number of nitro benzene ring substituents is 1. The van der Waals surface area contributed by atoms with Crippen molar-refractivity contribution < 1.29 is 13.3 Å². The van der Waals surface area contributed by atoms with E-state index < -0.39 is 14.9 Å². The molecule has 0 spiro atoms. The van der Waals surface area contributed by atoms with Crippen LogP contribution in [0.4, 0.5) is 11.4 Å². The van der Waals surface area contributed by atoms with Crippen LogP contribution in [0, 0.1) is 10.1 Å². The van der Waals surface area contributed by atoms with Crippen LogP contribution in [-0.4, -0.2) is 37.3 Å². The van der Waals surface area contributed by atoms with Crippen LogP contribution in [0.1, 0.15) is 24.6 Å². The first kappa shape index (κ1) is 18.8. The topological polar surface area (TPSA) is 83.8 Å². The van der Waals surface area contributed by atoms with Gasteiger partial charge in [-0.3, -0.25) is 10.1 Å². The van der Waals surface area contributed by atoms with Crippen LogP contribution < -0.4 is 4.90 Å². The molecule has 9 heteroatoms. The third-order valence-corrected chi connectivity index (χ3v) is 7.28. The van der Waals surface area contributed by atoms with Gasteiger partial charge in [-0.1, -0.05) is 6.07 Å². The second-order valence-corrected chi connectivity index (χ2v) is 9.05. The number of sulfonamides is 1. The van der Waals surface area contributed by atoms with Crippen LogP contribution in [0.15, 0.2) is 40.6 Å². The lowest BCUT2D eigenvalue weighted by molar-refractivity contribution is -0.385. The lowest BCUT2D eigenvalue weighted by Crippen LogP contribution is -2.31. The Kier molecular flexibility index (Phi) is 5.59. The zero-order valence-electron chi connectivity index (χ0n) is 14.5. The molecule has 1 aromatic heterocycles. The van der Waals surface area contributed by atoms with Crippen LogP contribution >= 0.6 is 11.3 Å². The van der Waals surface area contributed by atoms with Crippen LogP contribution in [-0.2, 0) is 16.6 Å². The molecule has 0 saturated carbocycles. The van der Waals surface area contributed by atoms with Crippen molar-refractivity contribution in [3.8, 4) is 0 Å². The number of nitrogens with zero attached hydrogens (tertiary/aromatic N) is 3. The maximum Gasteiger partial charge on any atom is 0.270 e. The lowest BCUT2D eigenvalue weighted by atomic mass is 10.2. The minimum atomic E-state index is -3.77. The van der Waals surface area contributed by atoms with Crippen LogP contribution in [0.25, 0.3) is 0 Å². The van der Waals surface area contributed by atoms with E-state index in [0.29, 0.717) is 31.9 Å². The molecule has 0 atom stereocenters. The second kappa shape index (κ2) is 7.73. The monoisotopic (exact) mass is 395 g/mol. The predicted octanol–water partition coefficient (Wildman–Crippen LogP) is 3.47. The standard InChI is InChI=1S/C17H21N3O4S2/c1-2-18(13-15-6-5-11-25-15)16-8-7-14(20(21)22)12-17(16)26(23,24)19-9-3-4-10-19/h5-8,11-12H,2-4,9-10,13H2,1H3. The smallest absolute Gasteiger partial charge is 0.270 e.